The first kappa shape index (κ1) is 11.8. The molecule has 0 N–H and O–H groups in total. The fraction of sp³-hybridized carbons (Fsp3) is 0.0833. The summed E-state index contributed by atoms with van der Waals surface area (Å²) in [4.78, 5) is 20.9. The highest BCUT2D eigenvalue weighted by Gasteiger charge is 2.20. The summed E-state index contributed by atoms with van der Waals surface area (Å²) < 4.78 is 10.3. The predicted octanol–water partition coefficient (Wildman–Crippen LogP) is 2.68. The lowest BCUT2D eigenvalue weighted by Crippen LogP contribution is -1.95. The quantitative estimate of drug-likeness (QED) is 0.471. The van der Waals surface area contributed by atoms with Crippen LogP contribution in [0.15, 0.2) is 34.7 Å². The number of nitro benzene ring substituents is 1. The number of hydrogen-bond acceptors (Lipinski definition) is 5. The molecule has 0 amide bonds. The molecule has 0 aliphatic rings. The van der Waals surface area contributed by atoms with Gasteiger partial charge in [0.05, 0.1) is 17.6 Å². The molecule has 2 aromatic rings. The van der Waals surface area contributed by atoms with Crippen LogP contribution in [0.2, 0.25) is 0 Å². The second-order valence-corrected chi connectivity index (χ2v) is 3.43. The van der Waals surface area contributed by atoms with E-state index in [-0.39, 0.29) is 17.2 Å². The van der Waals surface area contributed by atoms with Gasteiger partial charge in [0.15, 0.2) is 12.0 Å². The SMILES string of the molecule is COc1c(-c2ccc(C=O)o2)cccc1[N+](=O)[O-]. The van der Waals surface area contributed by atoms with E-state index in [1.165, 1.54) is 25.3 Å². The number of para-hydroxylation sites is 1. The van der Waals surface area contributed by atoms with Crippen molar-refractivity contribution >= 4 is 12.0 Å². The Labute approximate surface area is 102 Å². The molecule has 0 unspecified atom stereocenters. The summed E-state index contributed by atoms with van der Waals surface area (Å²) in [7, 11) is 1.34. The van der Waals surface area contributed by atoms with Crippen molar-refractivity contribution in [3.05, 3.63) is 46.2 Å². The average Bonchev–Trinajstić information content (AvgIpc) is 2.86. The van der Waals surface area contributed by atoms with Crippen molar-refractivity contribution in [3.8, 4) is 17.1 Å². The fourth-order valence-corrected chi connectivity index (χ4v) is 1.64. The van der Waals surface area contributed by atoms with E-state index in [1.807, 2.05) is 0 Å². The molecule has 0 spiro atoms. The molecular formula is C12H9NO5. The number of hydrogen-bond donors (Lipinski definition) is 0. The molecule has 0 fully saturated rings. The van der Waals surface area contributed by atoms with E-state index in [0.29, 0.717) is 17.6 Å². The van der Waals surface area contributed by atoms with Crippen LogP contribution in [-0.2, 0) is 0 Å². The molecule has 0 saturated carbocycles. The molecule has 6 nitrogen and oxygen atoms in total. The van der Waals surface area contributed by atoms with Gasteiger partial charge in [-0.1, -0.05) is 6.07 Å². The molecule has 92 valence electrons. The molecule has 0 aliphatic heterocycles. The molecule has 2 rings (SSSR count). The van der Waals surface area contributed by atoms with Crippen LogP contribution in [0.4, 0.5) is 5.69 Å². The zero-order chi connectivity index (χ0) is 13.1. The number of nitro groups is 1. The lowest BCUT2D eigenvalue weighted by atomic mass is 10.1. The number of furan rings is 1. The summed E-state index contributed by atoms with van der Waals surface area (Å²) in [5, 5.41) is 10.9. The minimum absolute atomic E-state index is 0.106. The van der Waals surface area contributed by atoms with E-state index < -0.39 is 4.92 Å². The number of ether oxygens (including phenoxy) is 1. The number of carbonyl (C=O) groups is 1. The Bertz CT molecular complexity index is 602. The van der Waals surface area contributed by atoms with E-state index in [9.17, 15) is 14.9 Å². The normalized spacial score (nSPS) is 10.1. The standard InChI is InChI=1S/C12H9NO5/c1-17-12-9(3-2-4-10(12)13(15)16)11-6-5-8(7-14)18-11/h2-7H,1H3. The van der Waals surface area contributed by atoms with E-state index >= 15 is 0 Å². The highest BCUT2D eigenvalue weighted by atomic mass is 16.6. The van der Waals surface area contributed by atoms with Gasteiger partial charge in [-0.05, 0) is 18.2 Å². The Hall–Kier alpha value is -2.63. The van der Waals surface area contributed by atoms with Gasteiger partial charge in [0, 0.05) is 6.07 Å². The maximum atomic E-state index is 10.9. The van der Waals surface area contributed by atoms with Gasteiger partial charge >= 0.3 is 5.69 Å². The maximum absolute atomic E-state index is 10.9. The molecule has 0 bridgehead atoms. The number of benzene rings is 1. The van der Waals surface area contributed by atoms with Crippen LogP contribution in [0.1, 0.15) is 10.6 Å². The lowest BCUT2D eigenvalue weighted by Gasteiger charge is -2.06. The van der Waals surface area contributed by atoms with Crippen molar-refractivity contribution in [2.45, 2.75) is 0 Å². The van der Waals surface area contributed by atoms with Crippen LogP contribution in [0.25, 0.3) is 11.3 Å². The van der Waals surface area contributed by atoms with Crippen molar-refractivity contribution in [1.29, 1.82) is 0 Å². The molecule has 18 heavy (non-hydrogen) atoms. The molecule has 1 heterocycles. The van der Waals surface area contributed by atoms with Gasteiger partial charge in [-0.15, -0.1) is 0 Å². The third kappa shape index (κ3) is 1.95. The molecular weight excluding hydrogens is 238 g/mol. The number of carbonyl (C=O) groups excluding carboxylic acids is 1. The highest BCUT2D eigenvalue weighted by Crippen LogP contribution is 2.37. The lowest BCUT2D eigenvalue weighted by molar-refractivity contribution is -0.385. The highest BCUT2D eigenvalue weighted by molar-refractivity contribution is 5.76. The van der Waals surface area contributed by atoms with Crippen LogP contribution < -0.4 is 4.74 Å². The Morgan fingerprint density at radius 3 is 2.67 bits per heavy atom. The van der Waals surface area contributed by atoms with Crippen molar-refractivity contribution in [2.24, 2.45) is 0 Å². The van der Waals surface area contributed by atoms with Gasteiger partial charge in [0.2, 0.25) is 5.75 Å². The third-order valence-electron chi connectivity index (χ3n) is 2.40. The number of rotatable bonds is 4. The van der Waals surface area contributed by atoms with Gasteiger partial charge in [0.25, 0.3) is 0 Å². The first-order valence-corrected chi connectivity index (χ1v) is 5.04. The monoisotopic (exact) mass is 247 g/mol. The maximum Gasteiger partial charge on any atom is 0.311 e. The summed E-state index contributed by atoms with van der Waals surface area (Å²) in [6, 6.07) is 7.54. The Morgan fingerprint density at radius 2 is 2.11 bits per heavy atom. The smallest absolute Gasteiger partial charge is 0.311 e. The number of nitrogens with zero attached hydrogens (tertiary/aromatic N) is 1. The minimum Gasteiger partial charge on any atom is -0.490 e. The van der Waals surface area contributed by atoms with Crippen LogP contribution in [0.5, 0.6) is 5.75 Å². The summed E-state index contributed by atoms with van der Waals surface area (Å²) in [5.41, 5.74) is 0.277. The van der Waals surface area contributed by atoms with Crippen molar-refractivity contribution in [2.75, 3.05) is 7.11 Å². The zero-order valence-electron chi connectivity index (χ0n) is 9.45. The third-order valence-corrected chi connectivity index (χ3v) is 2.40. The molecule has 0 saturated heterocycles. The number of aldehydes is 1. The van der Waals surface area contributed by atoms with Crippen molar-refractivity contribution in [3.63, 3.8) is 0 Å². The molecule has 0 aliphatic carbocycles. The summed E-state index contributed by atoms with van der Waals surface area (Å²) in [6.45, 7) is 0. The van der Waals surface area contributed by atoms with E-state index in [2.05, 4.69) is 0 Å². The number of methoxy groups -OCH3 is 1. The Kier molecular flexibility index (Phi) is 3.09. The van der Waals surface area contributed by atoms with Gasteiger partial charge in [-0.25, -0.2) is 0 Å². The fourth-order valence-electron chi connectivity index (χ4n) is 1.64. The van der Waals surface area contributed by atoms with Crippen molar-refractivity contribution < 1.29 is 18.9 Å². The summed E-state index contributed by atoms with van der Waals surface area (Å²) >= 11 is 0. The molecule has 1 aromatic heterocycles. The van der Waals surface area contributed by atoms with E-state index in [0.717, 1.165) is 0 Å². The average molecular weight is 247 g/mol. The largest absolute Gasteiger partial charge is 0.490 e. The van der Waals surface area contributed by atoms with Gasteiger partial charge < -0.3 is 9.15 Å². The molecule has 6 heteroatoms. The Morgan fingerprint density at radius 1 is 1.33 bits per heavy atom. The second kappa shape index (κ2) is 4.70. The minimum atomic E-state index is -0.536. The molecule has 0 atom stereocenters. The van der Waals surface area contributed by atoms with Crippen LogP contribution >= 0.6 is 0 Å². The van der Waals surface area contributed by atoms with Crippen LogP contribution in [0, 0.1) is 10.1 Å². The van der Waals surface area contributed by atoms with Gasteiger partial charge in [0.1, 0.15) is 5.76 Å². The van der Waals surface area contributed by atoms with Gasteiger partial charge in [-0.2, -0.15) is 0 Å². The van der Waals surface area contributed by atoms with E-state index in [4.69, 9.17) is 9.15 Å². The van der Waals surface area contributed by atoms with E-state index in [1.54, 1.807) is 12.1 Å². The zero-order valence-corrected chi connectivity index (χ0v) is 9.45. The molecule has 0 radical (unpaired) electrons. The van der Waals surface area contributed by atoms with Crippen LogP contribution in [0.3, 0.4) is 0 Å². The van der Waals surface area contributed by atoms with Crippen LogP contribution in [-0.4, -0.2) is 18.3 Å². The van der Waals surface area contributed by atoms with Crippen molar-refractivity contribution in [1.82, 2.24) is 0 Å². The van der Waals surface area contributed by atoms with Gasteiger partial charge in [-0.3, -0.25) is 14.9 Å². The predicted molar refractivity (Wildman–Crippen MR) is 62.7 cm³/mol. The molecule has 1 aromatic carbocycles. The Balaban J connectivity index is 2.59. The summed E-state index contributed by atoms with van der Waals surface area (Å²) in [6.07, 6.45) is 0.563. The first-order chi connectivity index (χ1) is 8.67. The topological polar surface area (TPSA) is 82.6 Å². The second-order valence-electron chi connectivity index (χ2n) is 3.43. The first-order valence-electron chi connectivity index (χ1n) is 5.04. The summed E-state index contributed by atoms with van der Waals surface area (Å²) in [5.74, 6) is 0.602.